The number of nitrogens with zero attached hydrogens (tertiary/aromatic N) is 3. The van der Waals surface area contributed by atoms with Crippen LogP contribution in [0.4, 0.5) is 0 Å². The van der Waals surface area contributed by atoms with E-state index in [1.165, 1.54) is 0 Å². The second kappa shape index (κ2) is 7.34. The number of hydrogen-bond donors (Lipinski definition) is 0. The summed E-state index contributed by atoms with van der Waals surface area (Å²) in [5.74, 6) is 0. The van der Waals surface area contributed by atoms with Crippen molar-refractivity contribution < 1.29 is 4.74 Å². The highest BCUT2D eigenvalue weighted by molar-refractivity contribution is 6.31. The van der Waals surface area contributed by atoms with Crippen LogP contribution in [0.1, 0.15) is 18.3 Å². The molecule has 0 saturated heterocycles. The number of methoxy groups -OCH3 is 1. The lowest BCUT2D eigenvalue weighted by Crippen LogP contribution is -2.29. The van der Waals surface area contributed by atoms with Gasteiger partial charge in [-0.25, -0.2) is 0 Å². The molecule has 0 spiro atoms. The summed E-state index contributed by atoms with van der Waals surface area (Å²) in [4.78, 5) is 2.12. The van der Waals surface area contributed by atoms with E-state index < -0.39 is 0 Å². The minimum atomic E-state index is -0.0161. The zero-order chi connectivity index (χ0) is 13.7. The summed E-state index contributed by atoms with van der Waals surface area (Å²) in [6, 6.07) is 0. The number of aromatic nitrogens is 2. The Balaban J connectivity index is 2.64. The van der Waals surface area contributed by atoms with E-state index in [-0.39, 0.29) is 5.38 Å². The summed E-state index contributed by atoms with van der Waals surface area (Å²) >= 11 is 12.4. The van der Waals surface area contributed by atoms with Gasteiger partial charge in [-0.2, -0.15) is 5.10 Å². The Labute approximate surface area is 119 Å². The Hall–Kier alpha value is -0.290. The molecular formula is C12H21Cl2N3O. The molecule has 1 atom stereocenters. The molecule has 6 heteroatoms. The number of alkyl halides is 1. The number of halogens is 2. The number of ether oxygens (including phenoxy) is 1. The van der Waals surface area contributed by atoms with Gasteiger partial charge < -0.3 is 4.74 Å². The first-order valence-corrected chi connectivity index (χ1v) is 6.82. The summed E-state index contributed by atoms with van der Waals surface area (Å²) < 4.78 is 6.87. The molecule has 0 amide bonds. The molecule has 18 heavy (non-hydrogen) atoms. The fraction of sp³-hybridized carbons (Fsp3) is 0.750. The van der Waals surface area contributed by atoms with Gasteiger partial charge in [0.15, 0.2) is 0 Å². The standard InChI is InChI=1S/C12H21Cl2N3O/c1-5-10-12(14)11(17(3)15-10)7-16(2)6-9(13)8-18-4/h9H,5-8H2,1-4H3. The summed E-state index contributed by atoms with van der Waals surface area (Å²) in [5.41, 5.74) is 1.97. The van der Waals surface area contributed by atoms with Crippen molar-refractivity contribution in [3.63, 3.8) is 0 Å². The van der Waals surface area contributed by atoms with Crippen LogP contribution in [-0.4, -0.2) is 47.4 Å². The van der Waals surface area contributed by atoms with E-state index in [0.29, 0.717) is 6.61 Å². The fourth-order valence-electron chi connectivity index (χ4n) is 1.88. The molecule has 0 aliphatic carbocycles. The molecule has 104 valence electrons. The fourth-order valence-corrected chi connectivity index (χ4v) is 2.60. The average molecular weight is 294 g/mol. The lowest BCUT2D eigenvalue weighted by Gasteiger charge is -2.19. The van der Waals surface area contributed by atoms with Gasteiger partial charge in [0.05, 0.1) is 28.4 Å². The van der Waals surface area contributed by atoms with Gasteiger partial charge in [-0.05, 0) is 13.5 Å². The molecule has 0 bridgehead atoms. The van der Waals surface area contributed by atoms with E-state index in [0.717, 1.165) is 35.9 Å². The Kier molecular flexibility index (Phi) is 6.43. The van der Waals surface area contributed by atoms with Crippen LogP contribution >= 0.6 is 23.2 Å². The second-order valence-corrected chi connectivity index (χ2v) is 5.43. The Morgan fingerprint density at radius 3 is 2.67 bits per heavy atom. The van der Waals surface area contributed by atoms with Crippen molar-refractivity contribution in [2.24, 2.45) is 7.05 Å². The third kappa shape index (κ3) is 4.12. The van der Waals surface area contributed by atoms with Crippen molar-refractivity contribution in [1.82, 2.24) is 14.7 Å². The zero-order valence-electron chi connectivity index (χ0n) is 11.4. The highest BCUT2D eigenvalue weighted by Crippen LogP contribution is 2.22. The molecule has 4 nitrogen and oxygen atoms in total. The molecule has 1 unspecified atom stereocenters. The molecule has 0 aromatic carbocycles. The summed E-state index contributed by atoms with van der Waals surface area (Å²) in [6.07, 6.45) is 0.845. The van der Waals surface area contributed by atoms with E-state index in [1.807, 2.05) is 18.8 Å². The predicted molar refractivity (Wildman–Crippen MR) is 75.4 cm³/mol. The van der Waals surface area contributed by atoms with Gasteiger partial charge in [-0.15, -0.1) is 11.6 Å². The Bertz CT molecular complexity index is 382. The van der Waals surface area contributed by atoms with Crippen LogP contribution < -0.4 is 0 Å². The smallest absolute Gasteiger partial charge is 0.0863 e. The summed E-state index contributed by atoms with van der Waals surface area (Å²) in [7, 11) is 5.59. The average Bonchev–Trinajstić information content (AvgIpc) is 2.56. The van der Waals surface area contributed by atoms with Crippen LogP contribution in [0.25, 0.3) is 0 Å². The first kappa shape index (κ1) is 15.8. The van der Waals surface area contributed by atoms with E-state index in [2.05, 4.69) is 16.9 Å². The van der Waals surface area contributed by atoms with E-state index in [4.69, 9.17) is 27.9 Å². The lowest BCUT2D eigenvalue weighted by atomic mass is 10.3. The predicted octanol–water partition coefficient (Wildman–Crippen LogP) is 2.32. The molecule has 1 heterocycles. The highest BCUT2D eigenvalue weighted by atomic mass is 35.5. The quantitative estimate of drug-likeness (QED) is 0.723. The maximum atomic E-state index is 6.30. The minimum Gasteiger partial charge on any atom is -0.383 e. The van der Waals surface area contributed by atoms with Crippen molar-refractivity contribution >= 4 is 23.2 Å². The van der Waals surface area contributed by atoms with Crippen molar-refractivity contribution in [3.8, 4) is 0 Å². The van der Waals surface area contributed by atoms with Crippen LogP contribution in [0.2, 0.25) is 5.02 Å². The monoisotopic (exact) mass is 293 g/mol. The molecule has 1 rings (SSSR count). The van der Waals surface area contributed by atoms with Crippen LogP contribution in [-0.2, 0) is 24.8 Å². The van der Waals surface area contributed by atoms with E-state index in [1.54, 1.807) is 7.11 Å². The molecule has 0 aliphatic heterocycles. The molecule has 1 aromatic rings. The summed E-state index contributed by atoms with van der Waals surface area (Å²) in [6.45, 7) is 4.08. The largest absolute Gasteiger partial charge is 0.383 e. The van der Waals surface area contributed by atoms with Crippen LogP contribution in [0, 0.1) is 0 Å². The van der Waals surface area contributed by atoms with Crippen molar-refractivity contribution in [2.75, 3.05) is 27.3 Å². The first-order chi connectivity index (χ1) is 8.49. The first-order valence-electron chi connectivity index (χ1n) is 6.01. The van der Waals surface area contributed by atoms with Crippen molar-refractivity contribution in [2.45, 2.75) is 25.3 Å². The highest BCUT2D eigenvalue weighted by Gasteiger charge is 2.16. The SMILES string of the molecule is CCc1nn(C)c(CN(C)CC(Cl)COC)c1Cl. The lowest BCUT2D eigenvalue weighted by molar-refractivity contribution is 0.180. The van der Waals surface area contributed by atoms with Gasteiger partial charge >= 0.3 is 0 Å². The number of hydrogen-bond acceptors (Lipinski definition) is 3. The van der Waals surface area contributed by atoms with Gasteiger partial charge in [0.25, 0.3) is 0 Å². The van der Waals surface area contributed by atoms with E-state index >= 15 is 0 Å². The third-order valence-corrected chi connectivity index (χ3v) is 3.48. The van der Waals surface area contributed by atoms with Gasteiger partial charge in [-0.1, -0.05) is 18.5 Å². The molecule has 1 aromatic heterocycles. The van der Waals surface area contributed by atoms with Gasteiger partial charge in [0, 0.05) is 27.2 Å². The second-order valence-electron chi connectivity index (χ2n) is 4.43. The van der Waals surface area contributed by atoms with Crippen molar-refractivity contribution in [1.29, 1.82) is 0 Å². The van der Waals surface area contributed by atoms with Crippen LogP contribution in [0.15, 0.2) is 0 Å². The summed E-state index contributed by atoms with van der Waals surface area (Å²) in [5, 5.41) is 5.15. The van der Waals surface area contributed by atoms with Crippen molar-refractivity contribution in [3.05, 3.63) is 16.4 Å². The molecule has 0 radical (unpaired) electrons. The van der Waals surface area contributed by atoms with Crippen LogP contribution in [0.5, 0.6) is 0 Å². The third-order valence-electron chi connectivity index (χ3n) is 2.78. The maximum Gasteiger partial charge on any atom is 0.0863 e. The number of rotatable bonds is 7. The van der Waals surface area contributed by atoms with Gasteiger partial charge in [-0.3, -0.25) is 9.58 Å². The molecule has 0 saturated carbocycles. The van der Waals surface area contributed by atoms with Gasteiger partial charge in [0.2, 0.25) is 0 Å². The molecule has 0 N–H and O–H groups in total. The Morgan fingerprint density at radius 2 is 2.17 bits per heavy atom. The van der Waals surface area contributed by atoms with Crippen LogP contribution in [0.3, 0.4) is 0 Å². The number of aryl methyl sites for hydroxylation is 2. The van der Waals surface area contributed by atoms with Gasteiger partial charge in [0.1, 0.15) is 0 Å². The topological polar surface area (TPSA) is 30.3 Å². The Morgan fingerprint density at radius 1 is 1.50 bits per heavy atom. The molecular weight excluding hydrogens is 273 g/mol. The minimum absolute atomic E-state index is 0.0161. The van der Waals surface area contributed by atoms with E-state index in [9.17, 15) is 0 Å². The normalized spacial score (nSPS) is 13.3. The maximum absolute atomic E-state index is 6.30. The zero-order valence-corrected chi connectivity index (χ0v) is 12.9. The molecule has 0 aliphatic rings. The molecule has 0 fully saturated rings.